The van der Waals surface area contributed by atoms with E-state index in [1.807, 2.05) is 18.2 Å². The largest absolute Gasteiger partial charge is 0.508 e. The molecule has 2 heteroatoms. The molecular formula is C20H20O2. The summed E-state index contributed by atoms with van der Waals surface area (Å²) in [5.41, 5.74) is 5.94. The zero-order valence-electron chi connectivity index (χ0n) is 12.7. The molecule has 0 spiro atoms. The normalized spacial score (nSPS) is 14.4. The SMILES string of the molecule is CCc1cc(C2=CCC(c3ccc(O)cc3)=CC2)ccc1O. The minimum absolute atomic E-state index is 0.299. The van der Waals surface area contributed by atoms with Crippen LogP contribution in [0.15, 0.2) is 54.6 Å². The lowest BCUT2D eigenvalue weighted by molar-refractivity contribution is 0.469. The second-order valence-electron chi connectivity index (χ2n) is 5.61. The lowest BCUT2D eigenvalue weighted by Crippen LogP contribution is -1.94. The number of phenolic OH excluding ortho intramolecular Hbond substituents is 2. The molecule has 0 fully saturated rings. The molecular weight excluding hydrogens is 272 g/mol. The summed E-state index contributed by atoms with van der Waals surface area (Å²) in [6.07, 6.45) is 7.13. The Labute approximate surface area is 131 Å². The second-order valence-corrected chi connectivity index (χ2v) is 5.61. The van der Waals surface area contributed by atoms with Crippen LogP contribution in [-0.2, 0) is 6.42 Å². The van der Waals surface area contributed by atoms with Crippen molar-refractivity contribution in [3.63, 3.8) is 0 Å². The van der Waals surface area contributed by atoms with E-state index in [4.69, 9.17) is 0 Å². The van der Waals surface area contributed by atoms with Crippen LogP contribution in [0.2, 0.25) is 0 Å². The number of aromatic hydroxyl groups is 2. The van der Waals surface area contributed by atoms with Gasteiger partial charge in [-0.25, -0.2) is 0 Å². The maximum atomic E-state index is 9.79. The molecule has 0 atom stereocenters. The number of phenols is 2. The second kappa shape index (κ2) is 6.10. The fourth-order valence-electron chi connectivity index (χ4n) is 2.85. The van der Waals surface area contributed by atoms with Crippen LogP contribution in [0.25, 0.3) is 11.1 Å². The molecule has 22 heavy (non-hydrogen) atoms. The molecule has 2 nitrogen and oxygen atoms in total. The Morgan fingerprint density at radius 2 is 1.41 bits per heavy atom. The fourth-order valence-corrected chi connectivity index (χ4v) is 2.85. The van der Waals surface area contributed by atoms with Crippen molar-refractivity contribution in [2.45, 2.75) is 26.2 Å². The van der Waals surface area contributed by atoms with Crippen molar-refractivity contribution < 1.29 is 10.2 Å². The first-order valence-electron chi connectivity index (χ1n) is 7.67. The molecule has 0 amide bonds. The van der Waals surface area contributed by atoms with E-state index in [2.05, 4.69) is 25.1 Å². The molecule has 3 rings (SSSR count). The van der Waals surface area contributed by atoms with Crippen LogP contribution in [-0.4, -0.2) is 10.2 Å². The molecule has 2 aromatic carbocycles. The monoisotopic (exact) mass is 292 g/mol. The Bertz CT molecular complexity index is 737. The topological polar surface area (TPSA) is 40.5 Å². The number of benzene rings is 2. The Hall–Kier alpha value is -2.48. The van der Waals surface area contributed by atoms with Crippen molar-refractivity contribution in [2.75, 3.05) is 0 Å². The first-order chi connectivity index (χ1) is 10.7. The van der Waals surface area contributed by atoms with E-state index in [1.54, 1.807) is 18.2 Å². The summed E-state index contributed by atoms with van der Waals surface area (Å²) in [4.78, 5) is 0. The van der Waals surface area contributed by atoms with Crippen LogP contribution in [0, 0.1) is 0 Å². The highest BCUT2D eigenvalue weighted by molar-refractivity contribution is 5.78. The van der Waals surface area contributed by atoms with Crippen LogP contribution in [0.4, 0.5) is 0 Å². The van der Waals surface area contributed by atoms with E-state index in [9.17, 15) is 10.2 Å². The smallest absolute Gasteiger partial charge is 0.118 e. The van der Waals surface area contributed by atoms with E-state index >= 15 is 0 Å². The number of hydrogen-bond donors (Lipinski definition) is 2. The van der Waals surface area contributed by atoms with Crippen LogP contribution in [0.1, 0.15) is 36.5 Å². The van der Waals surface area contributed by atoms with E-state index in [-0.39, 0.29) is 0 Å². The number of allylic oxidation sites excluding steroid dienone is 4. The molecule has 0 radical (unpaired) electrons. The average molecular weight is 292 g/mol. The molecule has 0 heterocycles. The lowest BCUT2D eigenvalue weighted by atomic mass is 9.90. The predicted octanol–water partition coefficient (Wildman–Crippen LogP) is 4.92. The zero-order valence-corrected chi connectivity index (χ0v) is 12.7. The van der Waals surface area contributed by atoms with Gasteiger partial charge < -0.3 is 10.2 Å². The van der Waals surface area contributed by atoms with Crippen LogP contribution >= 0.6 is 0 Å². The standard InChI is InChI=1S/C20H20O2/c1-2-14-13-18(9-12-20(14)22)17-5-3-15(4-6-17)16-7-10-19(21)11-8-16/h3,6-13,21-22H,2,4-5H2,1H3. The van der Waals surface area contributed by atoms with E-state index in [1.165, 1.54) is 16.7 Å². The highest BCUT2D eigenvalue weighted by Crippen LogP contribution is 2.33. The van der Waals surface area contributed by atoms with Gasteiger partial charge in [-0.05, 0) is 71.4 Å². The highest BCUT2D eigenvalue weighted by Gasteiger charge is 2.10. The molecule has 2 aromatic rings. The maximum Gasteiger partial charge on any atom is 0.118 e. The van der Waals surface area contributed by atoms with Gasteiger partial charge in [-0.2, -0.15) is 0 Å². The summed E-state index contributed by atoms with van der Waals surface area (Å²) in [7, 11) is 0. The summed E-state index contributed by atoms with van der Waals surface area (Å²) in [5.74, 6) is 0.676. The summed E-state index contributed by atoms with van der Waals surface area (Å²) in [6.45, 7) is 2.05. The summed E-state index contributed by atoms with van der Waals surface area (Å²) >= 11 is 0. The third-order valence-electron chi connectivity index (χ3n) is 4.21. The Kier molecular flexibility index (Phi) is 4.01. The molecule has 2 N–H and O–H groups in total. The minimum atomic E-state index is 0.299. The number of rotatable bonds is 3. The molecule has 0 aliphatic heterocycles. The van der Waals surface area contributed by atoms with Gasteiger partial charge in [0.25, 0.3) is 0 Å². The third kappa shape index (κ3) is 2.91. The first-order valence-corrected chi connectivity index (χ1v) is 7.67. The van der Waals surface area contributed by atoms with Gasteiger partial charge in [-0.3, -0.25) is 0 Å². The van der Waals surface area contributed by atoms with E-state index in [0.29, 0.717) is 11.5 Å². The van der Waals surface area contributed by atoms with Gasteiger partial charge in [0, 0.05) is 0 Å². The molecule has 0 saturated carbocycles. The van der Waals surface area contributed by atoms with Gasteiger partial charge in [0.05, 0.1) is 0 Å². The molecule has 112 valence electrons. The number of hydrogen-bond acceptors (Lipinski definition) is 2. The lowest BCUT2D eigenvalue weighted by Gasteiger charge is -2.16. The van der Waals surface area contributed by atoms with Gasteiger partial charge in [0.15, 0.2) is 0 Å². The molecule has 0 aromatic heterocycles. The first kappa shape index (κ1) is 14.5. The Morgan fingerprint density at radius 3 is 2.00 bits per heavy atom. The number of aryl methyl sites for hydroxylation is 1. The maximum absolute atomic E-state index is 9.79. The zero-order chi connectivity index (χ0) is 15.5. The van der Waals surface area contributed by atoms with Gasteiger partial charge in [0.1, 0.15) is 11.5 Å². The molecule has 0 bridgehead atoms. The fraction of sp³-hybridized carbons (Fsp3) is 0.200. The predicted molar refractivity (Wildman–Crippen MR) is 90.8 cm³/mol. The van der Waals surface area contributed by atoms with Gasteiger partial charge >= 0.3 is 0 Å². The van der Waals surface area contributed by atoms with Crippen molar-refractivity contribution in [3.05, 3.63) is 71.3 Å². The van der Waals surface area contributed by atoms with Crippen molar-refractivity contribution in [2.24, 2.45) is 0 Å². The Balaban J connectivity index is 1.79. The van der Waals surface area contributed by atoms with Gasteiger partial charge in [-0.15, -0.1) is 0 Å². The summed E-state index contributed by atoms with van der Waals surface area (Å²) in [5, 5.41) is 19.2. The van der Waals surface area contributed by atoms with Crippen molar-refractivity contribution >= 4 is 11.1 Å². The minimum Gasteiger partial charge on any atom is -0.508 e. The Morgan fingerprint density at radius 1 is 0.818 bits per heavy atom. The molecule has 0 saturated heterocycles. The van der Waals surface area contributed by atoms with Crippen molar-refractivity contribution in [1.82, 2.24) is 0 Å². The van der Waals surface area contributed by atoms with E-state index < -0.39 is 0 Å². The van der Waals surface area contributed by atoms with E-state index in [0.717, 1.165) is 30.4 Å². The van der Waals surface area contributed by atoms with Gasteiger partial charge in [-0.1, -0.05) is 37.3 Å². The van der Waals surface area contributed by atoms with Crippen molar-refractivity contribution in [3.8, 4) is 11.5 Å². The molecule has 1 aliphatic rings. The third-order valence-corrected chi connectivity index (χ3v) is 4.21. The van der Waals surface area contributed by atoms with Crippen LogP contribution in [0.5, 0.6) is 11.5 Å². The molecule has 0 unspecified atom stereocenters. The van der Waals surface area contributed by atoms with Gasteiger partial charge in [0.2, 0.25) is 0 Å². The van der Waals surface area contributed by atoms with Crippen LogP contribution in [0.3, 0.4) is 0 Å². The average Bonchev–Trinajstić information content (AvgIpc) is 2.56. The summed E-state index contributed by atoms with van der Waals surface area (Å²) < 4.78 is 0. The van der Waals surface area contributed by atoms with Crippen molar-refractivity contribution in [1.29, 1.82) is 0 Å². The molecule has 1 aliphatic carbocycles. The van der Waals surface area contributed by atoms with Crippen LogP contribution < -0.4 is 0 Å². The quantitative estimate of drug-likeness (QED) is 0.843. The highest BCUT2D eigenvalue weighted by atomic mass is 16.3. The summed E-state index contributed by atoms with van der Waals surface area (Å²) in [6, 6.07) is 13.2.